The molecule has 1 amide bonds. The average Bonchev–Trinajstić information content (AvgIpc) is 2.28. The average molecular weight is 318 g/mol. The highest BCUT2D eigenvalue weighted by Crippen LogP contribution is 1.98. The third-order valence-electron chi connectivity index (χ3n) is 2.88. The fourth-order valence-electron chi connectivity index (χ4n) is 1.36. The summed E-state index contributed by atoms with van der Waals surface area (Å²) in [6.45, 7) is 6.97. The van der Waals surface area contributed by atoms with Crippen LogP contribution < -0.4 is 11.1 Å². The Hall–Kier alpha value is -0.0700. The van der Waals surface area contributed by atoms with Crippen molar-refractivity contribution in [3.63, 3.8) is 0 Å². The van der Waals surface area contributed by atoms with Crippen molar-refractivity contribution < 1.29 is 9.53 Å². The van der Waals surface area contributed by atoms with Crippen LogP contribution in [0, 0.1) is 5.92 Å². The van der Waals surface area contributed by atoms with E-state index >= 15 is 0 Å². The lowest BCUT2D eigenvalue weighted by Gasteiger charge is -2.19. The maximum absolute atomic E-state index is 11.6. The number of halogens is 2. The molecular formula is C12H29Cl2N3O2. The van der Waals surface area contributed by atoms with Crippen molar-refractivity contribution >= 4 is 30.7 Å². The number of rotatable bonds is 9. The number of likely N-dealkylation sites (N-methyl/N-ethyl adjacent to an activating group) is 1. The number of hydrogen-bond acceptors (Lipinski definition) is 4. The number of methoxy groups -OCH3 is 1. The molecule has 0 radical (unpaired) electrons. The van der Waals surface area contributed by atoms with E-state index in [0.29, 0.717) is 6.54 Å². The quantitative estimate of drug-likeness (QED) is 0.620. The molecule has 2 unspecified atom stereocenters. The van der Waals surface area contributed by atoms with E-state index in [2.05, 4.69) is 10.2 Å². The van der Waals surface area contributed by atoms with Crippen LogP contribution in [-0.2, 0) is 9.53 Å². The predicted molar refractivity (Wildman–Crippen MR) is 84.3 cm³/mol. The summed E-state index contributed by atoms with van der Waals surface area (Å²) in [7, 11) is 3.74. The molecule has 0 heterocycles. The SMILES string of the molecule is COCCCN(C)CCNC(=O)C(C)C(C)N.Cl.Cl. The number of nitrogens with zero attached hydrogens (tertiary/aromatic N) is 1. The van der Waals surface area contributed by atoms with Gasteiger partial charge in [0.15, 0.2) is 0 Å². The molecule has 0 aliphatic carbocycles. The molecule has 0 bridgehead atoms. The topological polar surface area (TPSA) is 67.6 Å². The van der Waals surface area contributed by atoms with Crippen molar-refractivity contribution in [2.24, 2.45) is 11.7 Å². The maximum Gasteiger partial charge on any atom is 0.224 e. The van der Waals surface area contributed by atoms with Crippen LogP contribution in [0.15, 0.2) is 0 Å². The van der Waals surface area contributed by atoms with Gasteiger partial charge in [-0.1, -0.05) is 6.92 Å². The Labute approximate surface area is 129 Å². The standard InChI is InChI=1S/C12H27N3O2.2ClH/c1-10(11(2)13)12(16)14-6-8-15(3)7-5-9-17-4;;/h10-11H,5-9,13H2,1-4H3,(H,14,16);2*1H. The molecule has 0 aliphatic heterocycles. The van der Waals surface area contributed by atoms with E-state index in [0.717, 1.165) is 26.1 Å². The zero-order chi connectivity index (χ0) is 13.3. The van der Waals surface area contributed by atoms with Crippen molar-refractivity contribution in [2.75, 3.05) is 40.4 Å². The number of hydrogen-bond donors (Lipinski definition) is 2. The number of ether oxygens (including phenoxy) is 1. The maximum atomic E-state index is 11.6. The van der Waals surface area contributed by atoms with Crippen molar-refractivity contribution in [2.45, 2.75) is 26.3 Å². The van der Waals surface area contributed by atoms with Crippen LogP contribution in [0.4, 0.5) is 0 Å². The minimum atomic E-state index is -0.131. The monoisotopic (exact) mass is 317 g/mol. The summed E-state index contributed by atoms with van der Waals surface area (Å²) in [5.41, 5.74) is 5.66. The molecule has 0 aromatic carbocycles. The second-order valence-electron chi connectivity index (χ2n) is 4.59. The van der Waals surface area contributed by atoms with Gasteiger partial charge in [-0.15, -0.1) is 24.8 Å². The number of nitrogens with one attached hydrogen (secondary N) is 1. The lowest BCUT2D eigenvalue weighted by molar-refractivity contribution is -0.124. The third kappa shape index (κ3) is 12.7. The summed E-state index contributed by atoms with van der Waals surface area (Å²) < 4.78 is 4.98. The molecule has 2 atom stereocenters. The molecule has 118 valence electrons. The fraction of sp³-hybridized carbons (Fsp3) is 0.917. The van der Waals surface area contributed by atoms with Crippen LogP contribution in [0.25, 0.3) is 0 Å². The van der Waals surface area contributed by atoms with Crippen LogP contribution in [0.5, 0.6) is 0 Å². The Morgan fingerprint density at radius 2 is 1.89 bits per heavy atom. The van der Waals surface area contributed by atoms with E-state index in [1.807, 2.05) is 20.9 Å². The molecule has 0 saturated carbocycles. The van der Waals surface area contributed by atoms with Crippen molar-refractivity contribution in [1.29, 1.82) is 0 Å². The van der Waals surface area contributed by atoms with Gasteiger partial charge in [-0.05, 0) is 20.4 Å². The zero-order valence-electron chi connectivity index (χ0n) is 12.3. The molecule has 0 spiro atoms. The van der Waals surface area contributed by atoms with Crippen LogP contribution in [0.1, 0.15) is 20.3 Å². The molecule has 0 rings (SSSR count). The van der Waals surface area contributed by atoms with Gasteiger partial charge in [0.2, 0.25) is 5.91 Å². The summed E-state index contributed by atoms with van der Waals surface area (Å²) in [5.74, 6) is -0.0981. The van der Waals surface area contributed by atoms with Crippen molar-refractivity contribution in [3.05, 3.63) is 0 Å². The van der Waals surface area contributed by atoms with E-state index in [1.54, 1.807) is 7.11 Å². The van der Waals surface area contributed by atoms with Gasteiger partial charge >= 0.3 is 0 Å². The normalized spacial score (nSPS) is 13.2. The molecule has 19 heavy (non-hydrogen) atoms. The largest absolute Gasteiger partial charge is 0.385 e. The highest BCUT2D eigenvalue weighted by atomic mass is 35.5. The van der Waals surface area contributed by atoms with E-state index < -0.39 is 0 Å². The highest BCUT2D eigenvalue weighted by molar-refractivity contribution is 5.85. The van der Waals surface area contributed by atoms with Crippen LogP contribution in [0.2, 0.25) is 0 Å². The Morgan fingerprint density at radius 1 is 1.32 bits per heavy atom. The second kappa shape index (κ2) is 14.3. The van der Waals surface area contributed by atoms with Gasteiger partial charge in [0.25, 0.3) is 0 Å². The summed E-state index contributed by atoms with van der Waals surface area (Å²) in [4.78, 5) is 13.8. The number of nitrogens with two attached hydrogens (primary N) is 1. The smallest absolute Gasteiger partial charge is 0.224 e. The van der Waals surface area contributed by atoms with Gasteiger partial charge in [-0.2, -0.15) is 0 Å². The first-order valence-corrected chi connectivity index (χ1v) is 6.19. The van der Waals surface area contributed by atoms with Gasteiger partial charge < -0.3 is 20.7 Å². The molecule has 0 aromatic heterocycles. The molecule has 0 fully saturated rings. The van der Waals surface area contributed by atoms with Gasteiger partial charge in [0.05, 0.1) is 0 Å². The van der Waals surface area contributed by atoms with Gasteiger partial charge in [0, 0.05) is 45.3 Å². The molecule has 7 heteroatoms. The second-order valence-corrected chi connectivity index (χ2v) is 4.59. The Morgan fingerprint density at radius 3 is 2.37 bits per heavy atom. The van der Waals surface area contributed by atoms with E-state index in [-0.39, 0.29) is 42.7 Å². The van der Waals surface area contributed by atoms with Crippen LogP contribution in [-0.4, -0.2) is 57.2 Å². The molecule has 0 saturated heterocycles. The molecule has 0 aromatic rings. The third-order valence-corrected chi connectivity index (χ3v) is 2.88. The van der Waals surface area contributed by atoms with Crippen LogP contribution >= 0.6 is 24.8 Å². The summed E-state index contributed by atoms with van der Waals surface area (Å²) in [5, 5.41) is 2.89. The fourth-order valence-corrected chi connectivity index (χ4v) is 1.36. The van der Waals surface area contributed by atoms with Crippen LogP contribution in [0.3, 0.4) is 0 Å². The molecule has 5 nitrogen and oxygen atoms in total. The van der Waals surface area contributed by atoms with Crippen molar-refractivity contribution in [1.82, 2.24) is 10.2 Å². The van der Waals surface area contributed by atoms with Gasteiger partial charge in [0.1, 0.15) is 0 Å². The minimum absolute atomic E-state index is 0. The highest BCUT2D eigenvalue weighted by Gasteiger charge is 2.16. The zero-order valence-corrected chi connectivity index (χ0v) is 14.0. The van der Waals surface area contributed by atoms with Gasteiger partial charge in [-0.25, -0.2) is 0 Å². The summed E-state index contributed by atoms with van der Waals surface area (Å²) >= 11 is 0. The van der Waals surface area contributed by atoms with Crippen molar-refractivity contribution in [3.8, 4) is 0 Å². The first kappa shape index (κ1) is 24.0. The lowest BCUT2D eigenvalue weighted by atomic mass is 10.0. The summed E-state index contributed by atoms with van der Waals surface area (Å²) in [6.07, 6.45) is 1.01. The Bertz CT molecular complexity index is 219. The molecule has 3 N–H and O–H groups in total. The lowest BCUT2D eigenvalue weighted by Crippen LogP contribution is -2.41. The number of carbonyl (C=O) groups is 1. The van der Waals surface area contributed by atoms with E-state index in [9.17, 15) is 4.79 Å². The summed E-state index contributed by atoms with van der Waals surface area (Å²) in [6, 6.07) is -0.102. The number of amides is 1. The van der Waals surface area contributed by atoms with E-state index in [4.69, 9.17) is 10.5 Å². The molecule has 0 aliphatic rings. The van der Waals surface area contributed by atoms with E-state index in [1.165, 1.54) is 0 Å². The predicted octanol–water partition coefficient (Wildman–Crippen LogP) is 0.898. The Balaban J connectivity index is -0.00000128. The van der Waals surface area contributed by atoms with Gasteiger partial charge in [-0.3, -0.25) is 4.79 Å². The first-order valence-electron chi connectivity index (χ1n) is 6.19. The first-order chi connectivity index (χ1) is 7.99. The number of carbonyl (C=O) groups excluding carboxylic acids is 1. The molecular weight excluding hydrogens is 289 g/mol. The Kier molecular flexibility index (Phi) is 18.1. The minimum Gasteiger partial charge on any atom is -0.385 e.